The second-order valence-corrected chi connectivity index (χ2v) is 2.99. The van der Waals surface area contributed by atoms with Crippen molar-refractivity contribution in [2.75, 3.05) is 7.11 Å². The van der Waals surface area contributed by atoms with Crippen molar-refractivity contribution in [1.82, 2.24) is 15.0 Å². The van der Waals surface area contributed by atoms with Gasteiger partial charge in [0.25, 0.3) is 0 Å². The maximum Gasteiger partial charge on any atom is 0.358 e. The van der Waals surface area contributed by atoms with E-state index in [0.717, 1.165) is 0 Å². The lowest BCUT2D eigenvalue weighted by Gasteiger charge is -2.04. The molecule has 0 fully saturated rings. The minimum absolute atomic E-state index is 0.0221. The third-order valence-corrected chi connectivity index (χ3v) is 1.86. The van der Waals surface area contributed by atoms with Gasteiger partial charge in [-0.05, 0) is 0 Å². The molecule has 0 aliphatic carbocycles. The number of rotatable bonds is 6. The van der Waals surface area contributed by atoms with Gasteiger partial charge in [0, 0.05) is 7.11 Å². The van der Waals surface area contributed by atoms with Gasteiger partial charge < -0.3 is 14.9 Å². The molecule has 1 heterocycles. The summed E-state index contributed by atoms with van der Waals surface area (Å²) in [7, 11) is 1.40. The second-order valence-electron chi connectivity index (χ2n) is 2.99. The molecule has 0 radical (unpaired) electrons. The second kappa shape index (κ2) is 5.21. The molecule has 0 amide bonds. The summed E-state index contributed by atoms with van der Waals surface area (Å²) in [6.07, 6.45) is -0.154. The number of aliphatic carboxylic acids is 1. The molecule has 0 aliphatic heterocycles. The largest absolute Gasteiger partial charge is 0.481 e. The number of carbonyl (C=O) groups is 2. The number of carboxylic acids is 2. The highest BCUT2D eigenvalue weighted by Gasteiger charge is 2.18. The number of nitrogens with zero attached hydrogens (tertiary/aromatic N) is 3. The minimum Gasteiger partial charge on any atom is -0.481 e. The predicted octanol–water partition coefficient (Wildman–Crippen LogP) is -0.403. The van der Waals surface area contributed by atoms with Crippen molar-refractivity contribution in [3.63, 3.8) is 0 Å². The van der Waals surface area contributed by atoms with E-state index in [1.54, 1.807) is 0 Å². The molecule has 1 aromatic heterocycles. The molecule has 0 aromatic carbocycles. The van der Waals surface area contributed by atoms with Gasteiger partial charge in [-0.1, -0.05) is 5.21 Å². The van der Waals surface area contributed by atoms with E-state index < -0.39 is 11.9 Å². The molecular weight excluding hydrogens is 218 g/mol. The molecule has 0 atom stereocenters. The molecule has 0 aliphatic rings. The zero-order valence-corrected chi connectivity index (χ0v) is 8.58. The first-order valence-electron chi connectivity index (χ1n) is 4.42. The lowest BCUT2D eigenvalue weighted by atomic mass is 10.3. The fraction of sp³-hybridized carbons (Fsp3) is 0.500. The van der Waals surface area contributed by atoms with Gasteiger partial charge in [-0.3, -0.25) is 4.79 Å². The number of aromatic nitrogens is 3. The summed E-state index contributed by atoms with van der Waals surface area (Å²) in [5, 5.41) is 24.3. The van der Waals surface area contributed by atoms with E-state index in [0.29, 0.717) is 0 Å². The first-order chi connectivity index (χ1) is 7.56. The first kappa shape index (κ1) is 12.1. The van der Waals surface area contributed by atoms with Crippen LogP contribution in [0.15, 0.2) is 0 Å². The highest BCUT2D eigenvalue weighted by atomic mass is 16.5. The van der Waals surface area contributed by atoms with Gasteiger partial charge in [-0.15, -0.1) is 5.10 Å². The fourth-order valence-corrected chi connectivity index (χ4v) is 1.16. The summed E-state index contributed by atoms with van der Waals surface area (Å²) in [5.74, 6) is -2.20. The van der Waals surface area contributed by atoms with Crippen LogP contribution in [0.2, 0.25) is 0 Å². The lowest BCUT2D eigenvalue weighted by Crippen LogP contribution is -2.11. The molecular formula is C8H11N3O5. The van der Waals surface area contributed by atoms with Crippen LogP contribution in [0, 0.1) is 0 Å². The van der Waals surface area contributed by atoms with Crippen molar-refractivity contribution < 1.29 is 24.5 Å². The van der Waals surface area contributed by atoms with Crippen molar-refractivity contribution in [3.05, 3.63) is 11.4 Å². The van der Waals surface area contributed by atoms with E-state index in [4.69, 9.17) is 14.9 Å². The number of aryl methyl sites for hydroxylation is 1. The van der Waals surface area contributed by atoms with Crippen molar-refractivity contribution in [1.29, 1.82) is 0 Å². The van der Waals surface area contributed by atoms with Crippen LogP contribution in [0.4, 0.5) is 0 Å². The van der Waals surface area contributed by atoms with Gasteiger partial charge in [0.15, 0.2) is 5.69 Å². The smallest absolute Gasteiger partial charge is 0.358 e. The monoisotopic (exact) mass is 229 g/mol. The highest BCUT2D eigenvalue weighted by molar-refractivity contribution is 5.86. The van der Waals surface area contributed by atoms with Crippen LogP contribution in [0.1, 0.15) is 22.6 Å². The molecule has 1 aromatic rings. The number of ether oxygens (including phenoxy) is 1. The molecule has 1 rings (SSSR count). The predicted molar refractivity (Wildman–Crippen MR) is 49.9 cm³/mol. The van der Waals surface area contributed by atoms with Gasteiger partial charge in [-0.2, -0.15) is 0 Å². The number of aromatic carboxylic acids is 1. The van der Waals surface area contributed by atoms with E-state index in [2.05, 4.69) is 10.3 Å². The molecule has 8 nitrogen and oxygen atoms in total. The molecule has 0 saturated heterocycles. The Morgan fingerprint density at radius 2 is 2.12 bits per heavy atom. The third-order valence-electron chi connectivity index (χ3n) is 1.86. The Bertz CT molecular complexity index is 400. The molecule has 0 saturated carbocycles. The third kappa shape index (κ3) is 2.76. The average Bonchev–Trinajstić information content (AvgIpc) is 2.59. The Morgan fingerprint density at radius 1 is 1.44 bits per heavy atom. The van der Waals surface area contributed by atoms with Gasteiger partial charge in [0.2, 0.25) is 0 Å². The molecule has 88 valence electrons. The van der Waals surface area contributed by atoms with Gasteiger partial charge in [0.1, 0.15) is 0 Å². The van der Waals surface area contributed by atoms with E-state index in [9.17, 15) is 9.59 Å². The van der Waals surface area contributed by atoms with Crippen LogP contribution in [-0.2, 0) is 22.7 Å². The zero-order chi connectivity index (χ0) is 12.1. The molecule has 8 heteroatoms. The first-order valence-corrected chi connectivity index (χ1v) is 4.42. The Hall–Kier alpha value is -1.96. The Balaban J connectivity index is 2.90. The standard InChI is InChI=1S/C8H11N3O5/c1-16-4-5-7(8(14)15)9-10-11(5)3-2-6(12)13/h2-4H2,1H3,(H,12,13)(H,14,15). The van der Waals surface area contributed by atoms with Crippen molar-refractivity contribution in [2.45, 2.75) is 19.6 Å². The van der Waals surface area contributed by atoms with Crippen molar-refractivity contribution in [2.24, 2.45) is 0 Å². The maximum atomic E-state index is 10.8. The summed E-state index contributed by atoms with van der Waals surface area (Å²) in [4.78, 5) is 21.1. The Morgan fingerprint density at radius 3 is 2.62 bits per heavy atom. The van der Waals surface area contributed by atoms with Gasteiger partial charge in [-0.25, -0.2) is 9.48 Å². The summed E-state index contributed by atoms with van der Waals surface area (Å²) in [6, 6.07) is 0. The van der Waals surface area contributed by atoms with Crippen molar-refractivity contribution in [3.8, 4) is 0 Å². The SMILES string of the molecule is COCc1c(C(=O)O)nnn1CCC(=O)O. The molecule has 0 bridgehead atoms. The summed E-state index contributed by atoms with van der Waals surface area (Å²) < 4.78 is 6.04. The normalized spacial score (nSPS) is 10.3. The van der Waals surface area contributed by atoms with E-state index in [1.165, 1.54) is 11.8 Å². The molecule has 2 N–H and O–H groups in total. The van der Waals surface area contributed by atoms with Crippen LogP contribution < -0.4 is 0 Å². The maximum absolute atomic E-state index is 10.8. The Kier molecular flexibility index (Phi) is 3.95. The Labute approximate surface area is 90.4 Å². The van der Waals surface area contributed by atoms with Crippen LogP contribution in [0.5, 0.6) is 0 Å². The van der Waals surface area contributed by atoms with Crippen LogP contribution in [0.25, 0.3) is 0 Å². The fourth-order valence-electron chi connectivity index (χ4n) is 1.16. The van der Waals surface area contributed by atoms with E-state index in [1.807, 2.05) is 0 Å². The number of methoxy groups -OCH3 is 1. The van der Waals surface area contributed by atoms with Crippen LogP contribution >= 0.6 is 0 Å². The van der Waals surface area contributed by atoms with Crippen molar-refractivity contribution >= 4 is 11.9 Å². The summed E-state index contributed by atoms with van der Waals surface area (Å²) in [6.45, 7) is 0.0859. The van der Waals surface area contributed by atoms with E-state index in [-0.39, 0.29) is 31.0 Å². The van der Waals surface area contributed by atoms with Gasteiger partial charge >= 0.3 is 11.9 Å². The minimum atomic E-state index is -1.21. The topological polar surface area (TPSA) is 115 Å². The molecule has 0 spiro atoms. The quantitative estimate of drug-likeness (QED) is 0.681. The van der Waals surface area contributed by atoms with Gasteiger partial charge in [0.05, 0.1) is 25.3 Å². The van der Waals surface area contributed by atoms with E-state index >= 15 is 0 Å². The molecule has 0 unspecified atom stereocenters. The van der Waals surface area contributed by atoms with Crippen LogP contribution in [-0.4, -0.2) is 44.3 Å². The number of carboxylic acid groups (broad SMARTS) is 2. The number of hydrogen-bond acceptors (Lipinski definition) is 5. The highest BCUT2D eigenvalue weighted by Crippen LogP contribution is 2.07. The zero-order valence-electron chi connectivity index (χ0n) is 8.58. The summed E-state index contributed by atoms with van der Waals surface area (Å²) >= 11 is 0. The molecule has 16 heavy (non-hydrogen) atoms. The lowest BCUT2D eigenvalue weighted by molar-refractivity contribution is -0.137. The van der Waals surface area contributed by atoms with Crippen LogP contribution in [0.3, 0.4) is 0 Å². The average molecular weight is 229 g/mol. The summed E-state index contributed by atoms with van der Waals surface area (Å²) in [5.41, 5.74) is 0.0449. The number of hydrogen-bond donors (Lipinski definition) is 2.